The zero-order valence-electron chi connectivity index (χ0n) is 20.0. The standard InChI is InChI=1S/C24H27F3O7S/c1-14-8-10-18(34-35(29,30)24(25,26)27)20(16-9-11-17-15(13-16)7-6-12-32-17)19(14)21(22(28)31-5)33-23(2,3)4/h8-11,13,21H,6-7,12H2,1-5H3. The minimum Gasteiger partial charge on any atom is -0.493 e. The SMILES string of the molecule is COC(=O)C(OC(C)(C)C)c1c(C)ccc(OS(=O)(=O)C(F)(F)F)c1-c1ccc2c(c1)CCCO2. The highest BCUT2D eigenvalue weighted by molar-refractivity contribution is 7.88. The molecule has 3 rings (SSSR count). The van der Waals surface area contributed by atoms with Gasteiger partial charge in [-0.1, -0.05) is 12.1 Å². The number of hydrogen-bond acceptors (Lipinski definition) is 7. The molecule has 1 aliphatic rings. The Morgan fingerprint density at radius 3 is 2.40 bits per heavy atom. The maximum Gasteiger partial charge on any atom is 0.534 e. The fourth-order valence-electron chi connectivity index (χ4n) is 3.78. The fraction of sp³-hybridized carbons (Fsp3) is 0.458. The van der Waals surface area contributed by atoms with Crippen LogP contribution < -0.4 is 8.92 Å². The third kappa shape index (κ3) is 5.90. The first-order valence-electron chi connectivity index (χ1n) is 10.8. The van der Waals surface area contributed by atoms with Crippen LogP contribution in [0.1, 0.15) is 50.0 Å². The van der Waals surface area contributed by atoms with Crippen LogP contribution >= 0.6 is 0 Å². The smallest absolute Gasteiger partial charge is 0.493 e. The van der Waals surface area contributed by atoms with Gasteiger partial charge in [-0.15, -0.1) is 0 Å². The van der Waals surface area contributed by atoms with Crippen molar-refractivity contribution in [1.82, 2.24) is 0 Å². The molecule has 192 valence electrons. The van der Waals surface area contributed by atoms with Crippen molar-refractivity contribution >= 4 is 16.1 Å². The van der Waals surface area contributed by atoms with Gasteiger partial charge in [-0.25, -0.2) is 4.79 Å². The summed E-state index contributed by atoms with van der Waals surface area (Å²) in [5.74, 6) is -0.776. The number of aryl methyl sites for hydroxylation is 2. The summed E-state index contributed by atoms with van der Waals surface area (Å²) in [7, 11) is -4.84. The molecule has 0 fully saturated rings. The second-order valence-electron chi connectivity index (χ2n) is 9.06. The summed E-state index contributed by atoms with van der Waals surface area (Å²) in [4.78, 5) is 12.8. The average Bonchev–Trinajstić information content (AvgIpc) is 2.76. The lowest BCUT2D eigenvalue weighted by molar-refractivity contribution is -0.164. The summed E-state index contributed by atoms with van der Waals surface area (Å²) >= 11 is 0. The predicted molar refractivity (Wildman–Crippen MR) is 122 cm³/mol. The van der Waals surface area contributed by atoms with Crippen molar-refractivity contribution < 1.29 is 44.8 Å². The fourth-order valence-corrected chi connectivity index (χ4v) is 4.25. The van der Waals surface area contributed by atoms with Gasteiger partial charge in [0.15, 0.2) is 11.9 Å². The van der Waals surface area contributed by atoms with Crippen LogP contribution in [0, 0.1) is 6.92 Å². The number of carbonyl (C=O) groups excluding carboxylic acids is 1. The van der Waals surface area contributed by atoms with Crippen LogP contribution in [0.5, 0.6) is 11.5 Å². The Bertz CT molecular complexity index is 1210. The quantitative estimate of drug-likeness (QED) is 0.295. The van der Waals surface area contributed by atoms with Crippen molar-refractivity contribution in [3.05, 3.63) is 47.0 Å². The molecule has 2 aromatic rings. The number of fused-ring (bicyclic) bond motifs is 1. The topological polar surface area (TPSA) is 88.1 Å². The molecule has 0 aliphatic carbocycles. The number of methoxy groups -OCH3 is 1. The van der Waals surface area contributed by atoms with Gasteiger partial charge < -0.3 is 18.4 Å². The van der Waals surface area contributed by atoms with Gasteiger partial charge in [0.25, 0.3) is 0 Å². The maximum absolute atomic E-state index is 13.2. The summed E-state index contributed by atoms with van der Waals surface area (Å²) in [5, 5.41) is 0. The van der Waals surface area contributed by atoms with Gasteiger partial charge in [-0.3, -0.25) is 0 Å². The minimum absolute atomic E-state index is 0.0224. The van der Waals surface area contributed by atoms with Crippen molar-refractivity contribution in [3.63, 3.8) is 0 Å². The summed E-state index contributed by atoms with van der Waals surface area (Å²) < 4.78 is 84.5. The van der Waals surface area contributed by atoms with E-state index in [1.807, 2.05) is 0 Å². The number of rotatable bonds is 6. The van der Waals surface area contributed by atoms with Crippen molar-refractivity contribution in [1.29, 1.82) is 0 Å². The molecule has 11 heteroatoms. The lowest BCUT2D eigenvalue weighted by Gasteiger charge is -2.29. The Labute approximate surface area is 202 Å². The van der Waals surface area contributed by atoms with Gasteiger partial charge in [0.05, 0.1) is 19.3 Å². The highest BCUT2D eigenvalue weighted by Gasteiger charge is 2.49. The number of carbonyl (C=O) groups is 1. The Morgan fingerprint density at radius 1 is 1.11 bits per heavy atom. The molecule has 35 heavy (non-hydrogen) atoms. The molecule has 0 radical (unpaired) electrons. The van der Waals surface area contributed by atoms with Gasteiger partial charge in [0.2, 0.25) is 0 Å². The lowest BCUT2D eigenvalue weighted by atomic mass is 9.89. The summed E-state index contributed by atoms with van der Waals surface area (Å²) in [6.45, 7) is 7.25. The monoisotopic (exact) mass is 516 g/mol. The first kappa shape index (κ1) is 26.8. The molecule has 1 aliphatic heterocycles. The molecule has 0 amide bonds. The largest absolute Gasteiger partial charge is 0.534 e. The molecule has 1 unspecified atom stereocenters. The highest BCUT2D eigenvalue weighted by Crippen LogP contribution is 2.44. The van der Waals surface area contributed by atoms with E-state index in [0.717, 1.165) is 25.2 Å². The van der Waals surface area contributed by atoms with E-state index in [1.54, 1.807) is 45.9 Å². The molecular weight excluding hydrogens is 489 g/mol. The molecule has 0 saturated heterocycles. The first-order valence-corrected chi connectivity index (χ1v) is 12.2. The Kier molecular flexibility index (Phi) is 7.42. The van der Waals surface area contributed by atoms with Crippen molar-refractivity contribution in [3.8, 4) is 22.6 Å². The van der Waals surface area contributed by atoms with Gasteiger partial charge in [-0.05, 0) is 75.4 Å². The van der Waals surface area contributed by atoms with E-state index in [4.69, 9.17) is 14.2 Å². The molecule has 1 heterocycles. The number of hydrogen-bond donors (Lipinski definition) is 0. The molecule has 0 aromatic heterocycles. The van der Waals surface area contributed by atoms with Crippen molar-refractivity contribution in [2.24, 2.45) is 0 Å². The number of halogens is 3. The first-order chi connectivity index (χ1) is 16.1. The minimum atomic E-state index is -6.00. The zero-order chi connectivity index (χ0) is 26.2. The lowest BCUT2D eigenvalue weighted by Crippen LogP contribution is -2.30. The number of esters is 1. The van der Waals surface area contributed by atoms with E-state index < -0.39 is 39.1 Å². The molecule has 0 spiro atoms. The Morgan fingerprint density at radius 2 is 1.80 bits per heavy atom. The molecule has 2 aromatic carbocycles. The normalized spacial score (nSPS) is 15.1. The van der Waals surface area contributed by atoms with Crippen LogP contribution in [0.3, 0.4) is 0 Å². The van der Waals surface area contributed by atoms with Gasteiger partial charge in [0, 0.05) is 11.1 Å². The number of benzene rings is 2. The second-order valence-corrected chi connectivity index (χ2v) is 10.6. The predicted octanol–water partition coefficient (Wildman–Crippen LogP) is 5.24. The summed E-state index contributed by atoms with van der Waals surface area (Å²) in [6, 6.07) is 7.39. The maximum atomic E-state index is 13.2. The molecule has 7 nitrogen and oxygen atoms in total. The third-order valence-corrected chi connectivity index (χ3v) is 6.22. The third-order valence-electron chi connectivity index (χ3n) is 5.25. The summed E-state index contributed by atoms with van der Waals surface area (Å²) in [6.07, 6.45) is 0.0145. The highest BCUT2D eigenvalue weighted by atomic mass is 32.2. The molecule has 1 atom stereocenters. The van der Waals surface area contributed by atoms with Crippen LogP contribution in [-0.4, -0.2) is 39.2 Å². The molecular formula is C24H27F3O7S. The Hall–Kier alpha value is -2.79. The van der Waals surface area contributed by atoms with Crippen LogP contribution in [0.2, 0.25) is 0 Å². The summed E-state index contributed by atoms with van der Waals surface area (Å²) in [5.41, 5.74) is -4.80. The number of ether oxygens (including phenoxy) is 3. The van der Waals surface area contributed by atoms with E-state index in [0.29, 0.717) is 29.9 Å². The van der Waals surface area contributed by atoms with E-state index in [1.165, 1.54) is 6.07 Å². The molecule has 0 bridgehead atoms. The molecule has 0 N–H and O–H groups in total. The van der Waals surface area contributed by atoms with E-state index in [-0.39, 0.29) is 11.1 Å². The number of alkyl halides is 3. The molecule has 0 saturated carbocycles. The second kappa shape index (κ2) is 9.69. The van der Waals surface area contributed by atoms with Crippen LogP contribution in [-0.2, 0) is 30.8 Å². The van der Waals surface area contributed by atoms with E-state index in [9.17, 15) is 26.4 Å². The van der Waals surface area contributed by atoms with Crippen LogP contribution in [0.15, 0.2) is 30.3 Å². The van der Waals surface area contributed by atoms with Crippen LogP contribution in [0.4, 0.5) is 13.2 Å². The Balaban J connectivity index is 2.33. The van der Waals surface area contributed by atoms with E-state index in [2.05, 4.69) is 4.18 Å². The van der Waals surface area contributed by atoms with Gasteiger partial charge in [0.1, 0.15) is 5.75 Å². The zero-order valence-corrected chi connectivity index (χ0v) is 20.8. The van der Waals surface area contributed by atoms with Crippen LogP contribution in [0.25, 0.3) is 11.1 Å². The average molecular weight is 517 g/mol. The van der Waals surface area contributed by atoms with Crippen molar-refractivity contribution in [2.45, 2.75) is 57.7 Å². The van der Waals surface area contributed by atoms with Gasteiger partial charge in [-0.2, -0.15) is 21.6 Å². The van der Waals surface area contributed by atoms with Gasteiger partial charge >= 0.3 is 21.6 Å². The van der Waals surface area contributed by atoms with E-state index >= 15 is 0 Å². The van der Waals surface area contributed by atoms with Crippen molar-refractivity contribution in [2.75, 3.05) is 13.7 Å².